The zero-order valence-electron chi connectivity index (χ0n) is 17.1. The molecule has 1 N–H and O–H groups in total. The summed E-state index contributed by atoms with van der Waals surface area (Å²) in [7, 11) is 1.61. The molecule has 0 spiro atoms. The van der Waals surface area contributed by atoms with Crippen molar-refractivity contribution in [1.82, 2.24) is 9.97 Å². The number of thiophene rings is 1. The molecule has 0 saturated heterocycles. The molecule has 0 aliphatic rings. The van der Waals surface area contributed by atoms with Crippen LogP contribution in [-0.2, 0) is 4.79 Å². The van der Waals surface area contributed by atoms with Crippen molar-refractivity contribution in [3.05, 3.63) is 60.2 Å². The van der Waals surface area contributed by atoms with Crippen molar-refractivity contribution in [3.8, 4) is 22.6 Å². The summed E-state index contributed by atoms with van der Waals surface area (Å²) < 4.78 is 10.7. The van der Waals surface area contributed by atoms with Gasteiger partial charge in [0.2, 0.25) is 5.91 Å². The maximum Gasteiger partial charge on any atom is 0.234 e. The van der Waals surface area contributed by atoms with Gasteiger partial charge in [-0.1, -0.05) is 23.9 Å². The van der Waals surface area contributed by atoms with Gasteiger partial charge in [0.1, 0.15) is 27.7 Å². The number of hydrogen-bond donors (Lipinski definition) is 1. The van der Waals surface area contributed by atoms with Crippen LogP contribution in [0, 0.1) is 0 Å². The van der Waals surface area contributed by atoms with Gasteiger partial charge in [-0.2, -0.15) is 0 Å². The number of aromatic nitrogens is 2. The highest BCUT2D eigenvalue weighted by atomic mass is 32.2. The summed E-state index contributed by atoms with van der Waals surface area (Å²) in [5.41, 5.74) is 2.85. The molecule has 0 aliphatic carbocycles. The number of rotatable bonds is 8. The van der Waals surface area contributed by atoms with E-state index in [4.69, 9.17) is 9.47 Å². The maximum absolute atomic E-state index is 12.5. The number of ether oxygens (including phenoxy) is 2. The van der Waals surface area contributed by atoms with Gasteiger partial charge in [-0.3, -0.25) is 4.79 Å². The van der Waals surface area contributed by atoms with E-state index < -0.39 is 0 Å². The predicted molar refractivity (Wildman–Crippen MR) is 126 cm³/mol. The molecule has 0 aliphatic heterocycles. The van der Waals surface area contributed by atoms with Crippen molar-refractivity contribution in [3.63, 3.8) is 0 Å². The number of nitrogens with one attached hydrogen (secondary N) is 1. The fraction of sp³-hybridized carbons (Fsp3) is 0.174. The zero-order valence-corrected chi connectivity index (χ0v) is 18.8. The summed E-state index contributed by atoms with van der Waals surface area (Å²) in [6.07, 6.45) is 1.55. The predicted octanol–water partition coefficient (Wildman–Crippen LogP) is 5.50. The molecule has 0 fully saturated rings. The van der Waals surface area contributed by atoms with E-state index in [1.165, 1.54) is 11.8 Å². The molecule has 158 valence electrons. The third kappa shape index (κ3) is 4.98. The van der Waals surface area contributed by atoms with Crippen LogP contribution in [0.4, 0.5) is 5.69 Å². The lowest BCUT2D eigenvalue weighted by Gasteiger charge is -2.08. The second-order valence-corrected chi connectivity index (χ2v) is 8.35. The van der Waals surface area contributed by atoms with Crippen LogP contribution in [0.1, 0.15) is 6.92 Å². The first-order chi connectivity index (χ1) is 15.2. The lowest BCUT2D eigenvalue weighted by Crippen LogP contribution is -2.14. The lowest BCUT2D eigenvalue weighted by atomic mass is 10.1. The minimum atomic E-state index is -0.0974. The summed E-state index contributed by atoms with van der Waals surface area (Å²) in [6, 6.07) is 15.2. The monoisotopic (exact) mass is 451 g/mol. The van der Waals surface area contributed by atoms with Gasteiger partial charge in [0.15, 0.2) is 0 Å². The SMILES string of the molecule is CCOc1ccc(-c2csc3ncnc(SCC(=O)Nc4ccc(OC)cc4)c23)cc1. The van der Waals surface area contributed by atoms with Crippen LogP contribution in [0.5, 0.6) is 11.5 Å². The molecule has 0 bridgehead atoms. The summed E-state index contributed by atoms with van der Waals surface area (Å²) in [4.78, 5) is 22.2. The van der Waals surface area contributed by atoms with Crippen molar-refractivity contribution in [2.24, 2.45) is 0 Å². The Morgan fingerprint density at radius 1 is 1.06 bits per heavy atom. The third-order valence-corrected chi connectivity index (χ3v) is 6.40. The standard InChI is InChI=1S/C23H21N3O3S2/c1-3-29-18-8-4-15(5-9-18)19-12-30-22-21(19)23(25-14-24-22)31-13-20(27)26-16-6-10-17(28-2)11-7-16/h4-12,14H,3,13H2,1-2H3,(H,26,27). The molecule has 0 saturated carbocycles. The zero-order chi connectivity index (χ0) is 21.6. The van der Waals surface area contributed by atoms with Crippen molar-refractivity contribution in [1.29, 1.82) is 0 Å². The summed E-state index contributed by atoms with van der Waals surface area (Å²) >= 11 is 2.97. The normalized spacial score (nSPS) is 10.8. The Morgan fingerprint density at radius 3 is 2.52 bits per heavy atom. The smallest absolute Gasteiger partial charge is 0.234 e. The van der Waals surface area contributed by atoms with Crippen LogP contribution in [0.15, 0.2) is 65.3 Å². The van der Waals surface area contributed by atoms with Gasteiger partial charge in [0.25, 0.3) is 0 Å². The summed E-state index contributed by atoms with van der Waals surface area (Å²) in [5, 5.41) is 6.74. The first kappa shape index (κ1) is 21.1. The van der Waals surface area contributed by atoms with Crippen LogP contribution in [-0.4, -0.2) is 35.3 Å². The van der Waals surface area contributed by atoms with Gasteiger partial charge in [-0.05, 0) is 48.9 Å². The minimum Gasteiger partial charge on any atom is -0.497 e. The van der Waals surface area contributed by atoms with Crippen molar-refractivity contribution < 1.29 is 14.3 Å². The van der Waals surface area contributed by atoms with Crippen molar-refractivity contribution in [2.75, 3.05) is 24.8 Å². The van der Waals surface area contributed by atoms with E-state index in [0.29, 0.717) is 6.61 Å². The first-order valence-electron chi connectivity index (χ1n) is 9.70. The largest absolute Gasteiger partial charge is 0.497 e. The van der Waals surface area contributed by atoms with E-state index in [2.05, 4.69) is 20.7 Å². The highest BCUT2D eigenvalue weighted by Gasteiger charge is 2.15. The van der Waals surface area contributed by atoms with E-state index in [1.54, 1.807) is 24.8 Å². The highest BCUT2D eigenvalue weighted by Crippen LogP contribution is 2.38. The lowest BCUT2D eigenvalue weighted by molar-refractivity contribution is -0.113. The van der Waals surface area contributed by atoms with Crippen LogP contribution < -0.4 is 14.8 Å². The molecule has 0 unspecified atom stereocenters. The average Bonchev–Trinajstić information content (AvgIpc) is 3.24. The molecular formula is C23H21N3O3S2. The molecule has 2 aromatic carbocycles. The molecular weight excluding hydrogens is 430 g/mol. The third-order valence-electron chi connectivity index (χ3n) is 4.53. The molecule has 4 rings (SSSR count). The second-order valence-electron chi connectivity index (χ2n) is 6.53. The molecule has 0 atom stereocenters. The number of benzene rings is 2. The van der Waals surface area contributed by atoms with Gasteiger partial charge >= 0.3 is 0 Å². The van der Waals surface area contributed by atoms with Crippen LogP contribution >= 0.6 is 23.1 Å². The molecule has 2 aromatic heterocycles. The van der Waals surface area contributed by atoms with Crippen molar-refractivity contribution >= 4 is 44.9 Å². The minimum absolute atomic E-state index is 0.0974. The van der Waals surface area contributed by atoms with E-state index in [-0.39, 0.29) is 11.7 Å². The Labute approximate surface area is 188 Å². The number of carbonyl (C=O) groups excluding carboxylic acids is 1. The number of fused-ring (bicyclic) bond motifs is 1. The number of hydrogen-bond acceptors (Lipinski definition) is 7. The molecule has 6 nitrogen and oxygen atoms in total. The fourth-order valence-corrected chi connectivity index (χ4v) is 4.87. The number of thioether (sulfide) groups is 1. The molecule has 1 amide bonds. The quantitative estimate of drug-likeness (QED) is 0.282. The van der Waals surface area contributed by atoms with E-state index in [9.17, 15) is 4.79 Å². The second kappa shape index (κ2) is 9.80. The topological polar surface area (TPSA) is 73.3 Å². The highest BCUT2D eigenvalue weighted by molar-refractivity contribution is 8.00. The Morgan fingerprint density at radius 2 is 1.81 bits per heavy atom. The van der Waals surface area contributed by atoms with Crippen LogP contribution in [0.2, 0.25) is 0 Å². The molecule has 8 heteroatoms. The van der Waals surface area contributed by atoms with Gasteiger partial charge in [-0.25, -0.2) is 9.97 Å². The summed E-state index contributed by atoms with van der Waals surface area (Å²) in [5.74, 6) is 1.73. The average molecular weight is 452 g/mol. The van der Waals surface area contributed by atoms with E-state index >= 15 is 0 Å². The number of carbonyl (C=O) groups is 1. The van der Waals surface area contributed by atoms with Gasteiger partial charge in [0.05, 0.1) is 24.9 Å². The number of anilines is 1. The van der Waals surface area contributed by atoms with E-state index in [1.807, 2.05) is 55.5 Å². The number of methoxy groups -OCH3 is 1. The Hall–Kier alpha value is -3.10. The number of nitrogens with zero attached hydrogens (tertiary/aromatic N) is 2. The Balaban J connectivity index is 1.51. The Kier molecular flexibility index (Phi) is 6.69. The molecule has 4 aromatic rings. The first-order valence-corrected chi connectivity index (χ1v) is 11.6. The van der Waals surface area contributed by atoms with E-state index in [0.717, 1.165) is 43.6 Å². The van der Waals surface area contributed by atoms with Gasteiger partial charge < -0.3 is 14.8 Å². The maximum atomic E-state index is 12.5. The van der Waals surface area contributed by atoms with Crippen LogP contribution in [0.25, 0.3) is 21.3 Å². The van der Waals surface area contributed by atoms with Gasteiger partial charge in [0, 0.05) is 16.6 Å². The Bertz CT molecular complexity index is 1180. The molecule has 2 heterocycles. The van der Waals surface area contributed by atoms with Crippen LogP contribution in [0.3, 0.4) is 0 Å². The van der Waals surface area contributed by atoms with Gasteiger partial charge in [-0.15, -0.1) is 11.3 Å². The fourth-order valence-electron chi connectivity index (χ4n) is 3.07. The molecule has 31 heavy (non-hydrogen) atoms. The molecule has 0 radical (unpaired) electrons. The summed E-state index contributed by atoms with van der Waals surface area (Å²) in [6.45, 7) is 2.60. The number of amides is 1. The van der Waals surface area contributed by atoms with Crippen molar-refractivity contribution in [2.45, 2.75) is 11.9 Å².